The molecule has 20 heavy (non-hydrogen) atoms. The summed E-state index contributed by atoms with van der Waals surface area (Å²) in [7, 11) is -1.02. The zero-order valence-corrected chi connectivity index (χ0v) is 15.4. The molecular weight excluding hydrogens is 273 g/mol. The van der Waals surface area contributed by atoms with Gasteiger partial charge in [-0.3, -0.25) is 0 Å². The first-order valence-electron chi connectivity index (χ1n) is 7.71. The van der Waals surface area contributed by atoms with Gasteiger partial charge in [0, 0.05) is 18.7 Å². The molecular formula is C15H34NO3P. The van der Waals surface area contributed by atoms with Crippen molar-refractivity contribution in [3.8, 4) is 0 Å². The molecule has 0 saturated carbocycles. The summed E-state index contributed by atoms with van der Waals surface area (Å²) < 4.78 is 19.8. The molecule has 0 N–H and O–H groups in total. The van der Waals surface area contributed by atoms with Crippen molar-refractivity contribution in [3.05, 3.63) is 0 Å². The van der Waals surface area contributed by atoms with Gasteiger partial charge >= 0.3 is 0 Å². The van der Waals surface area contributed by atoms with Gasteiger partial charge in [-0.2, -0.15) is 0 Å². The summed E-state index contributed by atoms with van der Waals surface area (Å²) >= 11 is 0. The Kier molecular flexibility index (Phi) is 11.1. The van der Waals surface area contributed by atoms with Crippen molar-refractivity contribution in [2.45, 2.75) is 73.6 Å². The zero-order valence-electron chi connectivity index (χ0n) is 14.5. The van der Waals surface area contributed by atoms with E-state index in [-0.39, 0.29) is 6.10 Å². The summed E-state index contributed by atoms with van der Waals surface area (Å²) in [5.41, 5.74) is 0. The van der Waals surface area contributed by atoms with Crippen LogP contribution in [0.2, 0.25) is 0 Å². The first-order valence-corrected chi connectivity index (χ1v) is 8.84. The van der Waals surface area contributed by atoms with E-state index in [9.17, 15) is 0 Å². The molecule has 0 radical (unpaired) electrons. The summed E-state index contributed by atoms with van der Waals surface area (Å²) in [6, 6.07) is 0.799. The maximum absolute atomic E-state index is 5.98. The molecule has 5 heteroatoms. The van der Waals surface area contributed by atoms with Gasteiger partial charge in [-0.15, -0.1) is 0 Å². The highest BCUT2D eigenvalue weighted by molar-refractivity contribution is 7.44. The van der Waals surface area contributed by atoms with Gasteiger partial charge in [0.2, 0.25) is 0 Å². The van der Waals surface area contributed by atoms with Gasteiger partial charge < -0.3 is 13.8 Å². The summed E-state index contributed by atoms with van der Waals surface area (Å²) in [4.78, 5) is 0. The summed E-state index contributed by atoms with van der Waals surface area (Å²) in [6.07, 6.45) is 0.165. The van der Waals surface area contributed by atoms with Crippen molar-refractivity contribution >= 4 is 8.53 Å². The molecule has 0 fully saturated rings. The molecule has 0 aliphatic heterocycles. The van der Waals surface area contributed by atoms with E-state index < -0.39 is 8.53 Å². The van der Waals surface area contributed by atoms with Crippen LogP contribution < -0.4 is 0 Å². The Morgan fingerprint density at radius 3 is 1.80 bits per heavy atom. The van der Waals surface area contributed by atoms with E-state index in [1.54, 1.807) is 0 Å². The number of hydrogen-bond acceptors (Lipinski definition) is 4. The van der Waals surface area contributed by atoms with Crippen molar-refractivity contribution in [2.24, 2.45) is 5.92 Å². The first kappa shape index (κ1) is 20.3. The molecule has 1 atom stereocenters. The highest BCUT2D eigenvalue weighted by Crippen LogP contribution is 2.46. The van der Waals surface area contributed by atoms with Crippen molar-refractivity contribution in [2.75, 3.05) is 19.8 Å². The lowest BCUT2D eigenvalue weighted by atomic mass is 10.2. The van der Waals surface area contributed by atoms with E-state index in [1.807, 2.05) is 13.8 Å². The quantitative estimate of drug-likeness (QED) is 0.417. The molecule has 0 saturated heterocycles. The minimum absolute atomic E-state index is 0.165. The lowest BCUT2D eigenvalue weighted by Gasteiger charge is -2.36. The van der Waals surface area contributed by atoms with Crippen LogP contribution in [0.3, 0.4) is 0 Å². The summed E-state index contributed by atoms with van der Waals surface area (Å²) in [5, 5.41) is 0. The zero-order chi connectivity index (χ0) is 15.7. The Bertz CT molecular complexity index is 227. The topological polar surface area (TPSA) is 30.9 Å². The normalized spacial score (nSPS) is 14.2. The second-order valence-electron chi connectivity index (χ2n) is 6.26. The molecule has 0 aromatic carbocycles. The van der Waals surface area contributed by atoms with Crippen LogP contribution in [0.4, 0.5) is 0 Å². The SMILES string of the molecule is CC(C)COCCOP(OC(C)C)N(C(C)C)C(C)C. The van der Waals surface area contributed by atoms with Crippen molar-refractivity contribution in [1.29, 1.82) is 0 Å². The molecule has 0 rings (SSSR count). The van der Waals surface area contributed by atoms with E-state index in [0.717, 1.165) is 6.61 Å². The highest BCUT2D eigenvalue weighted by Gasteiger charge is 2.27. The number of ether oxygens (including phenoxy) is 1. The van der Waals surface area contributed by atoms with Crippen LogP contribution in [0.25, 0.3) is 0 Å². The van der Waals surface area contributed by atoms with Crippen LogP contribution in [0.5, 0.6) is 0 Å². The van der Waals surface area contributed by atoms with E-state index in [4.69, 9.17) is 13.8 Å². The molecule has 0 aromatic rings. The molecule has 122 valence electrons. The van der Waals surface area contributed by atoms with Gasteiger partial charge in [-0.1, -0.05) is 13.8 Å². The van der Waals surface area contributed by atoms with E-state index >= 15 is 0 Å². The second kappa shape index (κ2) is 10.9. The molecule has 0 amide bonds. The summed E-state index contributed by atoms with van der Waals surface area (Å²) in [5.74, 6) is 0.561. The van der Waals surface area contributed by atoms with Gasteiger partial charge in [-0.05, 0) is 47.5 Å². The smallest absolute Gasteiger partial charge is 0.259 e. The Labute approximate surface area is 127 Å². The predicted octanol–water partition coefficient (Wildman–Crippen LogP) is 4.45. The average Bonchev–Trinajstić information content (AvgIpc) is 2.25. The standard InChI is InChI=1S/C15H34NO3P/c1-12(2)11-17-9-10-18-20(19-15(7)8)16(13(3)4)14(5)6/h12-15H,9-11H2,1-8H3. The first-order chi connectivity index (χ1) is 9.25. The van der Waals surface area contributed by atoms with Crippen molar-refractivity contribution < 1.29 is 13.8 Å². The highest BCUT2D eigenvalue weighted by atomic mass is 31.2. The third kappa shape index (κ3) is 9.25. The van der Waals surface area contributed by atoms with Gasteiger partial charge in [-0.25, -0.2) is 4.67 Å². The van der Waals surface area contributed by atoms with Gasteiger partial charge in [0.05, 0.1) is 19.3 Å². The third-order valence-electron chi connectivity index (χ3n) is 2.43. The maximum Gasteiger partial charge on any atom is 0.259 e. The van der Waals surface area contributed by atoms with E-state index in [0.29, 0.717) is 31.2 Å². The Hall–Kier alpha value is 0.270. The fourth-order valence-corrected chi connectivity index (χ4v) is 3.45. The molecule has 0 aliphatic carbocycles. The van der Waals surface area contributed by atoms with E-state index in [1.165, 1.54) is 0 Å². The predicted molar refractivity (Wildman–Crippen MR) is 86.9 cm³/mol. The lowest BCUT2D eigenvalue weighted by molar-refractivity contribution is 0.0692. The lowest BCUT2D eigenvalue weighted by Crippen LogP contribution is -2.34. The van der Waals surface area contributed by atoms with Crippen LogP contribution in [0.15, 0.2) is 0 Å². The minimum atomic E-state index is -1.02. The maximum atomic E-state index is 5.98. The Morgan fingerprint density at radius 2 is 1.40 bits per heavy atom. The fraction of sp³-hybridized carbons (Fsp3) is 1.00. The van der Waals surface area contributed by atoms with Crippen molar-refractivity contribution in [3.63, 3.8) is 0 Å². The molecule has 4 nitrogen and oxygen atoms in total. The molecule has 0 spiro atoms. The molecule has 1 unspecified atom stereocenters. The third-order valence-corrected chi connectivity index (χ3v) is 4.73. The fourth-order valence-electron chi connectivity index (χ4n) is 1.80. The largest absolute Gasteiger partial charge is 0.379 e. The van der Waals surface area contributed by atoms with Crippen LogP contribution >= 0.6 is 8.53 Å². The summed E-state index contributed by atoms with van der Waals surface area (Å²) in [6.45, 7) is 19.1. The Balaban J connectivity index is 4.33. The second-order valence-corrected chi connectivity index (χ2v) is 7.67. The number of rotatable bonds is 11. The van der Waals surface area contributed by atoms with Gasteiger partial charge in [0.1, 0.15) is 0 Å². The van der Waals surface area contributed by atoms with Crippen molar-refractivity contribution in [1.82, 2.24) is 4.67 Å². The van der Waals surface area contributed by atoms with E-state index in [2.05, 4.69) is 46.2 Å². The van der Waals surface area contributed by atoms with Crippen LogP contribution in [0.1, 0.15) is 55.4 Å². The number of nitrogens with zero attached hydrogens (tertiary/aromatic N) is 1. The monoisotopic (exact) mass is 307 g/mol. The molecule has 0 heterocycles. The molecule has 0 bridgehead atoms. The minimum Gasteiger partial charge on any atom is -0.379 e. The number of hydrogen-bond donors (Lipinski definition) is 0. The van der Waals surface area contributed by atoms with Gasteiger partial charge in [0.25, 0.3) is 8.53 Å². The van der Waals surface area contributed by atoms with Gasteiger partial charge in [0.15, 0.2) is 0 Å². The average molecular weight is 307 g/mol. The Morgan fingerprint density at radius 1 is 0.850 bits per heavy atom. The van der Waals surface area contributed by atoms with Crippen LogP contribution in [0, 0.1) is 5.92 Å². The molecule has 0 aromatic heterocycles. The van der Waals surface area contributed by atoms with Crippen LogP contribution in [-0.4, -0.2) is 42.7 Å². The van der Waals surface area contributed by atoms with Crippen LogP contribution in [-0.2, 0) is 13.8 Å². The molecule has 0 aliphatic rings.